The molecule has 94 valence electrons. The average Bonchev–Trinajstić information content (AvgIpc) is 2.27. The van der Waals surface area contributed by atoms with Crippen LogP contribution in [0, 0.1) is 5.92 Å². The lowest BCUT2D eigenvalue weighted by molar-refractivity contribution is 0.0465. The highest BCUT2D eigenvalue weighted by Gasteiger charge is 2.27. The summed E-state index contributed by atoms with van der Waals surface area (Å²) < 4.78 is 0. The fourth-order valence-corrected chi connectivity index (χ4v) is 2.35. The van der Waals surface area contributed by atoms with Crippen LogP contribution in [0.5, 0.6) is 0 Å². The molecule has 17 heavy (non-hydrogen) atoms. The van der Waals surface area contributed by atoms with Gasteiger partial charge >= 0.3 is 0 Å². The Bertz CT molecular complexity index is 355. The number of benzene rings is 1. The third-order valence-electron chi connectivity index (χ3n) is 3.56. The number of anilines is 1. The SMILES string of the molecule is C[C@@H](O)c1ccc(N(C)CC2CC(O)C2)cc1. The summed E-state index contributed by atoms with van der Waals surface area (Å²) in [5.41, 5.74) is 2.11. The lowest BCUT2D eigenvalue weighted by Gasteiger charge is -2.35. The lowest BCUT2D eigenvalue weighted by Crippen LogP contribution is -2.37. The number of rotatable bonds is 4. The van der Waals surface area contributed by atoms with Crippen molar-refractivity contribution >= 4 is 5.69 Å². The van der Waals surface area contributed by atoms with E-state index in [9.17, 15) is 10.2 Å². The van der Waals surface area contributed by atoms with E-state index in [0.717, 1.165) is 30.6 Å². The second-order valence-corrected chi connectivity index (χ2v) is 5.14. The zero-order valence-electron chi connectivity index (χ0n) is 10.5. The standard InChI is InChI=1S/C14H21NO2/c1-10(16)12-3-5-13(6-4-12)15(2)9-11-7-14(17)8-11/h3-6,10-11,14,16-17H,7-9H2,1-2H3/t10-,11?,14?/m1/s1. The van der Waals surface area contributed by atoms with E-state index in [2.05, 4.69) is 11.9 Å². The predicted octanol–water partition coefficient (Wildman–Crippen LogP) is 1.95. The van der Waals surface area contributed by atoms with Crippen molar-refractivity contribution in [1.82, 2.24) is 0 Å². The van der Waals surface area contributed by atoms with Crippen LogP contribution in [0.25, 0.3) is 0 Å². The van der Waals surface area contributed by atoms with Crippen LogP contribution in [0.1, 0.15) is 31.4 Å². The highest BCUT2D eigenvalue weighted by molar-refractivity contribution is 5.47. The molecule has 1 fully saturated rings. The van der Waals surface area contributed by atoms with Gasteiger partial charge in [-0.15, -0.1) is 0 Å². The van der Waals surface area contributed by atoms with Crippen LogP contribution >= 0.6 is 0 Å². The number of nitrogens with zero attached hydrogens (tertiary/aromatic N) is 1. The van der Waals surface area contributed by atoms with Gasteiger partial charge in [-0.3, -0.25) is 0 Å². The van der Waals surface area contributed by atoms with E-state index in [4.69, 9.17) is 0 Å². The smallest absolute Gasteiger partial charge is 0.0761 e. The normalized spacial score (nSPS) is 25.2. The molecular formula is C14H21NO2. The van der Waals surface area contributed by atoms with Crippen molar-refractivity contribution in [2.75, 3.05) is 18.5 Å². The van der Waals surface area contributed by atoms with E-state index in [1.165, 1.54) is 0 Å². The van der Waals surface area contributed by atoms with Crippen molar-refractivity contribution in [1.29, 1.82) is 0 Å². The van der Waals surface area contributed by atoms with Gasteiger partial charge in [-0.25, -0.2) is 0 Å². The molecule has 2 rings (SSSR count). The van der Waals surface area contributed by atoms with Gasteiger partial charge in [0.15, 0.2) is 0 Å². The first kappa shape index (κ1) is 12.4. The number of hydrogen-bond acceptors (Lipinski definition) is 3. The van der Waals surface area contributed by atoms with Crippen molar-refractivity contribution in [3.8, 4) is 0 Å². The fraction of sp³-hybridized carbons (Fsp3) is 0.571. The molecule has 0 bridgehead atoms. The molecule has 0 aromatic heterocycles. The van der Waals surface area contributed by atoms with Crippen LogP contribution in [0.2, 0.25) is 0 Å². The van der Waals surface area contributed by atoms with Gasteiger partial charge in [-0.1, -0.05) is 12.1 Å². The third-order valence-corrected chi connectivity index (χ3v) is 3.56. The Kier molecular flexibility index (Phi) is 3.69. The number of aliphatic hydroxyl groups is 2. The first-order valence-corrected chi connectivity index (χ1v) is 6.23. The monoisotopic (exact) mass is 235 g/mol. The van der Waals surface area contributed by atoms with Crippen LogP contribution in [0.3, 0.4) is 0 Å². The minimum atomic E-state index is -0.406. The summed E-state index contributed by atoms with van der Waals surface area (Å²) >= 11 is 0. The van der Waals surface area contributed by atoms with Crippen LogP contribution in [0.4, 0.5) is 5.69 Å². The molecule has 0 aliphatic heterocycles. The van der Waals surface area contributed by atoms with Gasteiger partial charge in [-0.2, -0.15) is 0 Å². The molecule has 0 radical (unpaired) electrons. The van der Waals surface area contributed by atoms with E-state index in [1.807, 2.05) is 24.3 Å². The summed E-state index contributed by atoms with van der Waals surface area (Å²) in [5.74, 6) is 0.617. The van der Waals surface area contributed by atoms with Gasteiger partial charge in [0.1, 0.15) is 0 Å². The Morgan fingerprint density at radius 2 is 1.88 bits per heavy atom. The number of hydrogen-bond donors (Lipinski definition) is 2. The second kappa shape index (κ2) is 5.07. The second-order valence-electron chi connectivity index (χ2n) is 5.14. The topological polar surface area (TPSA) is 43.7 Å². The van der Waals surface area contributed by atoms with Gasteiger partial charge in [0, 0.05) is 19.3 Å². The maximum absolute atomic E-state index is 9.43. The van der Waals surface area contributed by atoms with Crippen molar-refractivity contribution in [3.63, 3.8) is 0 Å². The van der Waals surface area contributed by atoms with Gasteiger partial charge in [0.2, 0.25) is 0 Å². The Morgan fingerprint density at radius 3 is 2.35 bits per heavy atom. The molecule has 1 atom stereocenters. The van der Waals surface area contributed by atoms with Gasteiger partial charge in [-0.05, 0) is 43.4 Å². The highest BCUT2D eigenvalue weighted by atomic mass is 16.3. The molecular weight excluding hydrogens is 214 g/mol. The average molecular weight is 235 g/mol. The largest absolute Gasteiger partial charge is 0.393 e. The van der Waals surface area contributed by atoms with E-state index < -0.39 is 6.10 Å². The molecule has 0 saturated heterocycles. The minimum Gasteiger partial charge on any atom is -0.393 e. The summed E-state index contributed by atoms with van der Waals surface area (Å²) in [7, 11) is 2.07. The van der Waals surface area contributed by atoms with Crippen LogP contribution in [0.15, 0.2) is 24.3 Å². The van der Waals surface area contributed by atoms with Crippen molar-refractivity contribution in [2.45, 2.75) is 32.0 Å². The quantitative estimate of drug-likeness (QED) is 0.838. The maximum atomic E-state index is 9.43. The molecule has 0 unspecified atom stereocenters. The predicted molar refractivity (Wildman–Crippen MR) is 69.1 cm³/mol. The van der Waals surface area contributed by atoms with Crippen LogP contribution in [-0.4, -0.2) is 29.9 Å². The molecule has 1 saturated carbocycles. The van der Waals surface area contributed by atoms with Gasteiger partial charge in [0.05, 0.1) is 12.2 Å². The summed E-state index contributed by atoms with van der Waals surface area (Å²) in [4.78, 5) is 2.21. The van der Waals surface area contributed by atoms with Gasteiger partial charge in [0.25, 0.3) is 0 Å². The summed E-state index contributed by atoms with van der Waals surface area (Å²) in [5, 5.41) is 18.7. The molecule has 1 aliphatic carbocycles. The molecule has 0 amide bonds. The summed E-state index contributed by atoms with van der Waals surface area (Å²) in [6.07, 6.45) is 1.37. The zero-order chi connectivity index (χ0) is 12.4. The number of aliphatic hydroxyl groups excluding tert-OH is 2. The molecule has 0 spiro atoms. The first-order chi connectivity index (χ1) is 8.06. The molecule has 1 aromatic carbocycles. The molecule has 3 nitrogen and oxygen atoms in total. The van der Waals surface area contributed by atoms with E-state index >= 15 is 0 Å². The molecule has 2 N–H and O–H groups in total. The Morgan fingerprint density at radius 1 is 1.29 bits per heavy atom. The van der Waals surface area contributed by atoms with E-state index in [1.54, 1.807) is 6.92 Å². The molecule has 0 heterocycles. The van der Waals surface area contributed by atoms with Gasteiger partial charge < -0.3 is 15.1 Å². The Balaban J connectivity index is 1.92. The van der Waals surface area contributed by atoms with E-state index in [0.29, 0.717) is 5.92 Å². The highest BCUT2D eigenvalue weighted by Crippen LogP contribution is 2.29. The van der Waals surface area contributed by atoms with E-state index in [-0.39, 0.29) is 6.10 Å². The maximum Gasteiger partial charge on any atom is 0.0761 e. The molecule has 3 heteroatoms. The summed E-state index contributed by atoms with van der Waals surface area (Å²) in [6, 6.07) is 8.01. The van der Waals surface area contributed by atoms with Crippen LogP contribution in [-0.2, 0) is 0 Å². The van der Waals surface area contributed by atoms with Crippen molar-refractivity contribution in [2.24, 2.45) is 5.92 Å². The van der Waals surface area contributed by atoms with Crippen molar-refractivity contribution in [3.05, 3.63) is 29.8 Å². The van der Waals surface area contributed by atoms with Crippen LogP contribution < -0.4 is 4.90 Å². The zero-order valence-corrected chi connectivity index (χ0v) is 10.5. The molecule has 1 aliphatic rings. The third kappa shape index (κ3) is 2.99. The minimum absolute atomic E-state index is 0.0778. The van der Waals surface area contributed by atoms with Crippen molar-refractivity contribution < 1.29 is 10.2 Å². The fourth-order valence-electron chi connectivity index (χ4n) is 2.35. The molecule has 1 aromatic rings. The lowest BCUT2D eigenvalue weighted by atomic mass is 9.82. The Labute approximate surface area is 103 Å². The Hall–Kier alpha value is -1.06. The first-order valence-electron chi connectivity index (χ1n) is 6.23. The summed E-state index contributed by atoms with van der Waals surface area (Å²) in [6.45, 7) is 2.76.